The van der Waals surface area contributed by atoms with Crippen LogP contribution in [0.15, 0.2) is 18.2 Å². The summed E-state index contributed by atoms with van der Waals surface area (Å²) in [6.45, 7) is 4.06. The highest BCUT2D eigenvalue weighted by Gasteiger charge is 2.15. The molecule has 0 amide bonds. The van der Waals surface area contributed by atoms with Crippen molar-refractivity contribution in [2.24, 2.45) is 0 Å². The Kier molecular flexibility index (Phi) is 6.33. The van der Waals surface area contributed by atoms with Crippen molar-refractivity contribution in [3.63, 3.8) is 0 Å². The van der Waals surface area contributed by atoms with E-state index in [0.29, 0.717) is 12.1 Å². The average Bonchev–Trinajstić information content (AvgIpc) is 2.53. The molecule has 0 aliphatic carbocycles. The minimum atomic E-state index is 0.381. The Morgan fingerprint density at radius 2 is 2.05 bits per heavy atom. The van der Waals surface area contributed by atoms with E-state index in [-0.39, 0.29) is 0 Å². The summed E-state index contributed by atoms with van der Waals surface area (Å²) >= 11 is 0. The van der Waals surface area contributed by atoms with E-state index in [1.165, 1.54) is 24.8 Å². The normalized spacial score (nSPS) is 20.0. The molecule has 0 radical (unpaired) electrons. The highest BCUT2D eigenvalue weighted by Crippen LogP contribution is 2.27. The Balaban J connectivity index is 1.82. The van der Waals surface area contributed by atoms with Crippen LogP contribution in [0.3, 0.4) is 0 Å². The number of methoxy groups -OCH3 is 2. The zero-order chi connectivity index (χ0) is 15.1. The lowest BCUT2D eigenvalue weighted by Gasteiger charge is -2.25. The van der Waals surface area contributed by atoms with Gasteiger partial charge in [-0.1, -0.05) is 6.07 Å². The van der Waals surface area contributed by atoms with Crippen LogP contribution in [0.5, 0.6) is 11.5 Å². The van der Waals surface area contributed by atoms with E-state index in [0.717, 1.165) is 31.1 Å². The SMILES string of the molecule is COc1ccc(CC(C)NCC2CCCCO2)cc1OC. The molecule has 0 spiro atoms. The second-order valence-corrected chi connectivity index (χ2v) is 5.69. The molecule has 0 saturated carbocycles. The van der Waals surface area contributed by atoms with Crippen LogP contribution in [0.2, 0.25) is 0 Å². The van der Waals surface area contributed by atoms with Crippen LogP contribution in [0, 0.1) is 0 Å². The van der Waals surface area contributed by atoms with Crippen molar-refractivity contribution in [3.8, 4) is 11.5 Å². The van der Waals surface area contributed by atoms with E-state index in [2.05, 4.69) is 18.3 Å². The van der Waals surface area contributed by atoms with Gasteiger partial charge in [-0.25, -0.2) is 0 Å². The monoisotopic (exact) mass is 293 g/mol. The molecule has 2 rings (SSSR count). The van der Waals surface area contributed by atoms with Gasteiger partial charge in [0.15, 0.2) is 11.5 Å². The van der Waals surface area contributed by atoms with Crippen LogP contribution in [0.25, 0.3) is 0 Å². The predicted octanol–water partition coefficient (Wildman–Crippen LogP) is 2.79. The Bertz CT molecular complexity index is 430. The summed E-state index contributed by atoms with van der Waals surface area (Å²) < 4.78 is 16.4. The summed E-state index contributed by atoms with van der Waals surface area (Å²) in [7, 11) is 3.33. The summed E-state index contributed by atoms with van der Waals surface area (Å²) in [5, 5.41) is 3.57. The molecule has 21 heavy (non-hydrogen) atoms. The van der Waals surface area contributed by atoms with E-state index in [4.69, 9.17) is 14.2 Å². The van der Waals surface area contributed by atoms with Crippen LogP contribution in [0.4, 0.5) is 0 Å². The molecule has 4 heteroatoms. The van der Waals surface area contributed by atoms with Gasteiger partial charge in [-0.2, -0.15) is 0 Å². The lowest BCUT2D eigenvalue weighted by molar-refractivity contribution is 0.0156. The summed E-state index contributed by atoms with van der Waals surface area (Å²) in [6.07, 6.45) is 5.02. The fourth-order valence-electron chi connectivity index (χ4n) is 2.73. The Morgan fingerprint density at radius 1 is 1.24 bits per heavy atom. The third kappa shape index (κ3) is 4.90. The van der Waals surface area contributed by atoms with Crippen LogP contribution < -0.4 is 14.8 Å². The first-order valence-electron chi connectivity index (χ1n) is 7.79. The smallest absolute Gasteiger partial charge is 0.160 e. The maximum Gasteiger partial charge on any atom is 0.160 e. The number of hydrogen-bond acceptors (Lipinski definition) is 4. The van der Waals surface area contributed by atoms with E-state index in [1.807, 2.05) is 12.1 Å². The van der Waals surface area contributed by atoms with E-state index < -0.39 is 0 Å². The highest BCUT2D eigenvalue weighted by molar-refractivity contribution is 5.43. The molecule has 1 aliphatic heterocycles. The summed E-state index contributed by atoms with van der Waals surface area (Å²) in [4.78, 5) is 0. The van der Waals surface area contributed by atoms with Crippen molar-refractivity contribution in [2.45, 2.75) is 44.8 Å². The van der Waals surface area contributed by atoms with Gasteiger partial charge in [0.1, 0.15) is 0 Å². The molecular formula is C17H27NO3. The van der Waals surface area contributed by atoms with Crippen molar-refractivity contribution in [1.82, 2.24) is 5.32 Å². The molecule has 1 fully saturated rings. The first kappa shape index (κ1) is 16.1. The second-order valence-electron chi connectivity index (χ2n) is 5.69. The van der Waals surface area contributed by atoms with Crippen molar-refractivity contribution < 1.29 is 14.2 Å². The largest absolute Gasteiger partial charge is 0.493 e. The van der Waals surface area contributed by atoms with Crippen molar-refractivity contribution in [1.29, 1.82) is 0 Å². The summed E-state index contributed by atoms with van der Waals surface area (Å²) in [6, 6.07) is 6.52. The molecule has 1 saturated heterocycles. The van der Waals surface area contributed by atoms with Crippen molar-refractivity contribution in [3.05, 3.63) is 23.8 Å². The molecule has 0 bridgehead atoms. The summed E-state index contributed by atoms with van der Waals surface area (Å²) in [5.74, 6) is 1.57. The average molecular weight is 293 g/mol. The van der Waals surface area contributed by atoms with Gasteiger partial charge >= 0.3 is 0 Å². The Labute approximate surface area is 127 Å². The number of ether oxygens (including phenoxy) is 3. The number of benzene rings is 1. The minimum Gasteiger partial charge on any atom is -0.493 e. The van der Waals surface area contributed by atoms with Gasteiger partial charge in [0.05, 0.1) is 20.3 Å². The molecule has 2 unspecified atom stereocenters. The molecule has 1 aliphatic rings. The number of nitrogens with one attached hydrogen (secondary N) is 1. The van der Waals surface area contributed by atoms with Gasteiger partial charge in [0.25, 0.3) is 0 Å². The third-order valence-electron chi connectivity index (χ3n) is 3.96. The molecule has 118 valence electrons. The van der Waals surface area contributed by atoms with E-state index in [9.17, 15) is 0 Å². The third-order valence-corrected chi connectivity index (χ3v) is 3.96. The van der Waals surface area contributed by atoms with Gasteiger partial charge in [-0.15, -0.1) is 0 Å². The minimum absolute atomic E-state index is 0.381. The molecular weight excluding hydrogens is 266 g/mol. The number of hydrogen-bond donors (Lipinski definition) is 1. The Morgan fingerprint density at radius 3 is 2.71 bits per heavy atom. The molecule has 0 aromatic heterocycles. The van der Waals surface area contributed by atoms with Crippen molar-refractivity contribution >= 4 is 0 Å². The van der Waals surface area contributed by atoms with E-state index in [1.54, 1.807) is 14.2 Å². The zero-order valence-electron chi connectivity index (χ0n) is 13.4. The fraction of sp³-hybridized carbons (Fsp3) is 0.647. The van der Waals surface area contributed by atoms with Gasteiger partial charge in [-0.3, -0.25) is 0 Å². The second kappa shape index (κ2) is 8.25. The topological polar surface area (TPSA) is 39.7 Å². The quantitative estimate of drug-likeness (QED) is 0.839. The van der Waals surface area contributed by atoms with Crippen LogP contribution >= 0.6 is 0 Å². The van der Waals surface area contributed by atoms with Crippen LogP contribution in [-0.2, 0) is 11.2 Å². The lowest BCUT2D eigenvalue weighted by atomic mass is 10.1. The maximum atomic E-state index is 5.75. The summed E-state index contributed by atoms with van der Waals surface area (Å²) in [5.41, 5.74) is 1.25. The lowest BCUT2D eigenvalue weighted by Crippen LogP contribution is -2.37. The molecule has 1 aromatic rings. The van der Waals surface area contributed by atoms with Crippen LogP contribution in [0.1, 0.15) is 31.7 Å². The zero-order valence-corrected chi connectivity index (χ0v) is 13.4. The fourth-order valence-corrected chi connectivity index (χ4v) is 2.73. The van der Waals surface area contributed by atoms with Gasteiger partial charge in [0, 0.05) is 19.2 Å². The van der Waals surface area contributed by atoms with Gasteiger partial charge in [0.2, 0.25) is 0 Å². The maximum absolute atomic E-state index is 5.75. The molecule has 1 heterocycles. The van der Waals surface area contributed by atoms with Gasteiger partial charge in [-0.05, 0) is 50.3 Å². The molecule has 1 aromatic carbocycles. The highest BCUT2D eigenvalue weighted by atomic mass is 16.5. The van der Waals surface area contributed by atoms with Gasteiger partial charge < -0.3 is 19.5 Å². The molecule has 1 N–H and O–H groups in total. The molecule has 2 atom stereocenters. The van der Waals surface area contributed by atoms with E-state index >= 15 is 0 Å². The first-order chi connectivity index (χ1) is 10.2. The standard InChI is InChI=1S/C17H27NO3/c1-13(18-12-15-6-4-5-9-21-15)10-14-7-8-16(19-2)17(11-14)20-3/h7-8,11,13,15,18H,4-6,9-10,12H2,1-3H3. The molecule has 4 nitrogen and oxygen atoms in total. The van der Waals surface area contributed by atoms with Crippen molar-refractivity contribution in [2.75, 3.05) is 27.4 Å². The first-order valence-corrected chi connectivity index (χ1v) is 7.79. The number of rotatable bonds is 7. The van der Waals surface area contributed by atoms with Crippen LogP contribution in [-0.4, -0.2) is 39.5 Å². The predicted molar refractivity (Wildman–Crippen MR) is 84.3 cm³/mol. The Hall–Kier alpha value is -1.26.